The number of benzene rings is 2. The van der Waals surface area contributed by atoms with E-state index in [0.717, 1.165) is 6.34 Å². The number of nitrogens with one attached hydrogen (secondary N) is 2. The van der Waals surface area contributed by atoms with Gasteiger partial charge in [-0.1, -0.05) is 30.3 Å². The fraction of sp³-hybridized carbons (Fsp3) is 0.333. The second kappa shape index (κ2) is 9.87. The van der Waals surface area contributed by atoms with E-state index in [1.165, 1.54) is 10.9 Å². The van der Waals surface area contributed by atoms with Crippen LogP contribution in [0.4, 0.5) is 13.2 Å². The molecule has 2 aromatic carbocycles. The van der Waals surface area contributed by atoms with E-state index >= 15 is 0 Å². The summed E-state index contributed by atoms with van der Waals surface area (Å²) in [4.78, 5) is 26.7. The molecule has 184 valence electrons. The van der Waals surface area contributed by atoms with Crippen LogP contribution in [0.2, 0.25) is 0 Å². The van der Waals surface area contributed by atoms with Crippen LogP contribution in [0.1, 0.15) is 30.8 Å². The number of nitrogens with two attached hydrogens (primary N) is 1. The molecule has 4 unspecified atom stereocenters. The van der Waals surface area contributed by atoms with Gasteiger partial charge >= 0.3 is 6.18 Å². The Hall–Kier alpha value is -3.73. The molecule has 4 atom stereocenters. The smallest absolute Gasteiger partial charge is 0.390 e. The van der Waals surface area contributed by atoms with Crippen molar-refractivity contribution in [3.8, 4) is 5.69 Å². The zero-order valence-electron chi connectivity index (χ0n) is 19.2. The lowest BCUT2D eigenvalue weighted by Crippen LogP contribution is -2.47. The van der Waals surface area contributed by atoms with Crippen molar-refractivity contribution in [3.05, 3.63) is 70.3 Å². The van der Waals surface area contributed by atoms with Crippen LogP contribution in [-0.4, -0.2) is 46.7 Å². The third kappa shape index (κ3) is 5.19. The number of hydrogen-bond acceptors (Lipinski definition) is 6. The second-order valence-corrected chi connectivity index (χ2v) is 8.42. The highest BCUT2D eigenvalue weighted by molar-refractivity contribution is 5.81. The second-order valence-electron chi connectivity index (χ2n) is 8.42. The van der Waals surface area contributed by atoms with Gasteiger partial charge in [0.15, 0.2) is 0 Å². The molecule has 0 saturated heterocycles. The molecule has 8 nitrogen and oxygen atoms in total. The van der Waals surface area contributed by atoms with Crippen molar-refractivity contribution in [2.24, 2.45) is 15.7 Å². The largest absolute Gasteiger partial charge is 0.391 e. The third-order valence-corrected chi connectivity index (χ3v) is 5.93. The number of hydrogen-bond donors (Lipinski definition) is 3. The maximum absolute atomic E-state index is 13.8. The molecule has 0 saturated carbocycles. The van der Waals surface area contributed by atoms with Crippen LogP contribution in [0.25, 0.3) is 16.6 Å². The zero-order chi connectivity index (χ0) is 25.2. The summed E-state index contributed by atoms with van der Waals surface area (Å²) in [6, 6.07) is 11.5. The first-order chi connectivity index (χ1) is 16.7. The molecule has 0 fully saturated rings. The highest BCUT2D eigenvalue weighted by Gasteiger charge is 2.38. The van der Waals surface area contributed by atoms with Crippen LogP contribution >= 0.6 is 0 Å². The van der Waals surface area contributed by atoms with Gasteiger partial charge in [0.25, 0.3) is 5.56 Å². The lowest BCUT2D eigenvalue weighted by molar-refractivity contribution is -0.141. The molecule has 1 aliphatic heterocycles. The van der Waals surface area contributed by atoms with E-state index in [1.54, 1.807) is 55.5 Å². The average molecular weight is 486 g/mol. The van der Waals surface area contributed by atoms with E-state index in [2.05, 4.69) is 25.6 Å². The van der Waals surface area contributed by atoms with Gasteiger partial charge in [0.1, 0.15) is 18.0 Å². The van der Waals surface area contributed by atoms with Crippen LogP contribution in [0.3, 0.4) is 0 Å². The first-order valence-corrected chi connectivity index (χ1v) is 11.1. The van der Waals surface area contributed by atoms with Gasteiger partial charge in [0.2, 0.25) is 0 Å². The standard InChI is InChI=1S/C24H26F3N7O/c1-14-7-6-10-17-19(14)23(35)34(16-8-4-3-5-9-16)22(33-17)18(11-24(25,26)27)32-21(29-12-28)20-15(2)30-13-31-20/h3-10,12-13,15,18,20-21,32H,11H2,1-2H3,(H2,28,29)(H,30,31). The lowest BCUT2D eigenvalue weighted by atomic mass is 10.1. The van der Waals surface area contributed by atoms with E-state index in [-0.39, 0.29) is 11.9 Å². The maximum Gasteiger partial charge on any atom is 0.391 e. The van der Waals surface area contributed by atoms with Crippen molar-refractivity contribution in [2.45, 2.75) is 50.7 Å². The number of nitrogens with zero attached hydrogens (tertiary/aromatic N) is 4. The highest BCUT2D eigenvalue weighted by Crippen LogP contribution is 2.31. The number of aliphatic imine (C=N–C) groups is 2. The summed E-state index contributed by atoms with van der Waals surface area (Å²) in [6.07, 6.45) is -4.20. The van der Waals surface area contributed by atoms with Crippen LogP contribution in [0, 0.1) is 6.92 Å². The van der Waals surface area contributed by atoms with Crippen LogP contribution in [0.5, 0.6) is 0 Å². The van der Waals surface area contributed by atoms with Crippen molar-refractivity contribution in [1.29, 1.82) is 0 Å². The van der Waals surface area contributed by atoms with Crippen LogP contribution in [0.15, 0.2) is 63.3 Å². The number of fused-ring (bicyclic) bond motifs is 1. The van der Waals surface area contributed by atoms with Crippen molar-refractivity contribution in [1.82, 2.24) is 20.2 Å². The Morgan fingerprint density at radius 1 is 1.23 bits per heavy atom. The van der Waals surface area contributed by atoms with E-state index in [1.807, 2.05) is 6.92 Å². The molecule has 3 aromatic rings. The molecule has 4 N–H and O–H groups in total. The molecule has 35 heavy (non-hydrogen) atoms. The Bertz CT molecular complexity index is 1300. The molecule has 0 aliphatic carbocycles. The first kappa shape index (κ1) is 24.4. The molecule has 1 aromatic heterocycles. The van der Waals surface area contributed by atoms with Gasteiger partial charge < -0.3 is 11.1 Å². The number of rotatable bonds is 7. The Labute approximate surface area is 199 Å². The Balaban J connectivity index is 1.93. The Morgan fingerprint density at radius 2 is 1.97 bits per heavy atom. The predicted molar refractivity (Wildman–Crippen MR) is 130 cm³/mol. The van der Waals surface area contributed by atoms with Crippen molar-refractivity contribution in [3.63, 3.8) is 0 Å². The SMILES string of the molecule is Cc1cccc2nc(C(CC(F)(F)F)NC(N=CN)C3N=CNC3C)n(-c3ccccc3)c(=O)c12. The summed E-state index contributed by atoms with van der Waals surface area (Å²) in [5.41, 5.74) is 6.49. The molecule has 0 radical (unpaired) electrons. The van der Waals surface area contributed by atoms with Crippen LogP contribution < -0.4 is 21.9 Å². The molecule has 1 aliphatic rings. The molecule has 0 amide bonds. The Kier molecular flexibility index (Phi) is 6.88. The Morgan fingerprint density at radius 3 is 2.60 bits per heavy atom. The predicted octanol–water partition coefficient (Wildman–Crippen LogP) is 2.98. The summed E-state index contributed by atoms with van der Waals surface area (Å²) in [6.45, 7) is 3.61. The van der Waals surface area contributed by atoms with Gasteiger partial charge in [-0.2, -0.15) is 13.2 Å². The van der Waals surface area contributed by atoms with Gasteiger partial charge in [-0.15, -0.1) is 0 Å². The van der Waals surface area contributed by atoms with Gasteiger partial charge in [-0.25, -0.2) is 4.98 Å². The van der Waals surface area contributed by atoms with Gasteiger partial charge in [0.05, 0.1) is 47.8 Å². The normalized spacial score (nSPS) is 19.8. The van der Waals surface area contributed by atoms with Crippen LogP contribution in [-0.2, 0) is 0 Å². The lowest BCUT2D eigenvalue weighted by Gasteiger charge is -2.29. The maximum atomic E-state index is 13.8. The van der Waals surface area contributed by atoms with Crippen molar-refractivity contribution >= 4 is 23.6 Å². The van der Waals surface area contributed by atoms with E-state index in [4.69, 9.17) is 5.73 Å². The topological polar surface area (TPSA) is 110 Å². The van der Waals surface area contributed by atoms with Gasteiger partial charge in [-0.3, -0.25) is 24.7 Å². The van der Waals surface area contributed by atoms with Gasteiger partial charge in [-0.05, 0) is 37.6 Å². The molecule has 4 rings (SSSR count). The van der Waals surface area contributed by atoms with E-state index in [9.17, 15) is 18.0 Å². The number of aromatic nitrogens is 2. The minimum atomic E-state index is -4.56. The quantitative estimate of drug-likeness (QED) is 0.352. The van der Waals surface area contributed by atoms with Crippen molar-refractivity contribution < 1.29 is 13.2 Å². The van der Waals surface area contributed by atoms with E-state index < -0.39 is 36.4 Å². The number of halogens is 3. The minimum Gasteiger partial charge on any atom is -0.390 e. The average Bonchev–Trinajstić information content (AvgIpc) is 3.23. The summed E-state index contributed by atoms with van der Waals surface area (Å²) in [5.74, 6) is -0.0727. The molecule has 0 spiro atoms. The summed E-state index contributed by atoms with van der Waals surface area (Å²) < 4.78 is 42.7. The van der Waals surface area contributed by atoms with Crippen molar-refractivity contribution in [2.75, 3.05) is 0 Å². The fourth-order valence-electron chi connectivity index (χ4n) is 4.29. The van der Waals surface area contributed by atoms with E-state index in [0.29, 0.717) is 22.2 Å². The third-order valence-electron chi connectivity index (χ3n) is 5.93. The fourth-order valence-corrected chi connectivity index (χ4v) is 4.29. The summed E-state index contributed by atoms with van der Waals surface area (Å²) in [5, 5.41) is 6.30. The summed E-state index contributed by atoms with van der Waals surface area (Å²) >= 11 is 0. The van der Waals surface area contributed by atoms with Gasteiger partial charge in [0, 0.05) is 0 Å². The minimum absolute atomic E-state index is 0.0727. The monoisotopic (exact) mass is 485 g/mol. The molecule has 2 heterocycles. The zero-order valence-corrected chi connectivity index (χ0v) is 19.2. The number of alkyl halides is 3. The summed E-state index contributed by atoms with van der Waals surface area (Å²) in [7, 11) is 0. The number of aryl methyl sites for hydroxylation is 1. The molecular formula is C24H26F3N7O. The molecular weight excluding hydrogens is 459 g/mol. The number of para-hydroxylation sites is 1. The molecule has 0 bridgehead atoms. The molecule has 11 heteroatoms. The highest BCUT2D eigenvalue weighted by atomic mass is 19.4. The first-order valence-electron chi connectivity index (χ1n) is 11.1.